The third-order valence-corrected chi connectivity index (χ3v) is 1.66. The van der Waals surface area contributed by atoms with Crippen LogP contribution in [0.2, 0.25) is 0 Å². The summed E-state index contributed by atoms with van der Waals surface area (Å²) in [6.07, 6.45) is 1.58. The first-order valence-corrected chi connectivity index (χ1v) is 4.14. The molecule has 0 radical (unpaired) electrons. The molecule has 0 spiro atoms. The fraction of sp³-hybridized carbons (Fsp3) is 0.875. The molecule has 0 bridgehead atoms. The van der Waals surface area contributed by atoms with E-state index in [1.54, 1.807) is 6.92 Å². The van der Waals surface area contributed by atoms with E-state index in [0.29, 0.717) is 12.3 Å². The highest BCUT2D eigenvalue weighted by Crippen LogP contribution is 2.07. The number of rotatable bonds is 4. The molecule has 2 heteroatoms. The molecular weight excluding hydrogens is 148 g/mol. The monoisotopic (exact) mass is 162 g/mol. The van der Waals surface area contributed by atoms with Crippen molar-refractivity contribution in [1.29, 1.82) is 0 Å². The fourth-order valence-electron chi connectivity index (χ4n) is 0.630. The lowest BCUT2D eigenvalue weighted by molar-refractivity contribution is -0.118. The van der Waals surface area contributed by atoms with Gasteiger partial charge < -0.3 is 0 Å². The van der Waals surface area contributed by atoms with Gasteiger partial charge in [0.15, 0.2) is 0 Å². The summed E-state index contributed by atoms with van der Waals surface area (Å²) >= 11 is 5.56. The molecule has 0 saturated heterocycles. The average molecular weight is 163 g/mol. The Morgan fingerprint density at radius 1 is 1.40 bits per heavy atom. The van der Waals surface area contributed by atoms with Gasteiger partial charge in [-0.15, -0.1) is 11.6 Å². The minimum Gasteiger partial charge on any atom is -0.298 e. The zero-order valence-corrected chi connectivity index (χ0v) is 7.61. The van der Waals surface area contributed by atoms with Gasteiger partial charge in [0.25, 0.3) is 0 Å². The molecule has 1 nitrogen and oxygen atoms in total. The lowest BCUT2D eigenvalue weighted by Gasteiger charge is -2.03. The largest absolute Gasteiger partial charge is 0.298 e. The van der Waals surface area contributed by atoms with Crippen molar-refractivity contribution in [3.05, 3.63) is 0 Å². The topological polar surface area (TPSA) is 17.1 Å². The van der Waals surface area contributed by atoms with Crippen molar-refractivity contribution in [3.63, 3.8) is 0 Å². The molecular formula is C8H15ClO. The fourth-order valence-corrected chi connectivity index (χ4v) is 0.739. The molecule has 0 aliphatic rings. The molecule has 0 aliphatic heterocycles. The highest BCUT2D eigenvalue weighted by atomic mass is 35.5. The summed E-state index contributed by atoms with van der Waals surface area (Å²) in [4.78, 5) is 10.9. The first kappa shape index (κ1) is 9.96. The predicted octanol–water partition coefficient (Wildman–Crippen LogP) is 2.62. The molecule has 10 heavy (non-hydrogen) atoms. The van der Waals surface area contributed by atoms with Crippen molar-refractivity contribution in [3.8, 4) is 0 Å². The number of hydrogen-bond acceptors (Lipinski definition) is 1. The number of carbonyl (C=O) groups is 1. The van der Waals surface area contributed by atoms with Crippen LogP contribution >= 0.6 is 11.6 Å². The van der Waals surface area contributed by atoms with Gasteiger partial charge in [-0.05, 0) is 19.3 Å². The maximum absolute atomic E-state index is 10.9. The van der Waals surface area contributed by atoms with Crippen LogP contribution in [0.15, 0.2) is 0 Å². The third kappa shape index (κ3) is 4.80. The SMILES string of the molecule is CC(C)CCC(=O)C(C)Cl. The van der Waals surface area contributed by atoms with Crippen LogP contribution in [0.4, 0.5) is 0 Å². The molecule has 0 aliphatic carbocycles. The van der Waals surface area contributed by atoms with Crippen LogP contribution in [0.1, 0.15) is 33.6 Å². The average Bonchev–Trinajstić information content (AvgIpc) is 1.82. The zero-order chi connectivity index (χ0) is 8.15. The molecule has 0 N–H and O–H groups in total. The van der Waals surface area contributed by atoms with Gasteiger partial charge in [0.05, 0.1) is 5.38 Å². The third-order valence-electron chi connectivity index (χ3n) is 1.41. The summed E-state index contributed by atoms with van der Waals surface area (Å²) in [5, 5.41) is -0.307. The van der Waals surface area contributed by atoms with Crippen LogP contribution in [-0.2, 0) is 4.79 Å². The van der Waals surface area contributed by atoms with Gasteiger partial charge in [-0.1, -0.05) is 13.8 Å². The van der Waals surface area contributed by atoms with E-state index in [9.17, 15) is 4.79 Å². The molecule has 1 atom stereocenters. The minimum absolute atomic E-state index is 0.162. The Morgan fingerprint density at radius 3 is 2.20 bits per heavy atom. The van der Waals surface area contributed by atoms with Crippen molar-refractivity contribution in [2.24, 2.45) is 5.92 Å². The lowest BCUT2D eigenvalue weighted by atomic mass is 10.0. The van der Waals surface area contributed by atoms with E-state index in [1.165, 1.54) is 0 Å². The van der Waals surface area contributed by atoms with Crippen LogP contribution in [0.3, 0.4) is 0 Å². The summed E-state index contributed by atoms with van der Waals surface area (Å²) in [7, 11) is 0. The molecule has 0 fully saturated rings. The van der Waals surface area contributed by atoms with E-state index in [1.807, 2.05) is 0 Å². The summed E-state index contributed by atoms with van der Waals surface area (Å²) in [6, 6.07) is 0. The van der Waals surface area contributed by atoms with Crippen molar-refractivity contribution in [2.75, 3.05) is 0 Å². The second kappa shape index (κ2) is 4.73. The van der Waals surface area contributed by atoms with Gasteiger partial charge in [-0.2, -0.15) is 0 Å². The zero-order valence-electron chi connectivity index (χ0n) is 6.86. The molecule has 1 unspecified atom stereocenters. The molecule has 0 aromatic carbocycles. The maximum Gasteiger partial charge on any atom is 0.150 e. The Bertz CT molecular complexity index is 108. The lowest BCUT2D eigenvalue weighted by Crippen LogP contribution is -2.10. The summed E-state index contributed by atoms with van der Waals surface area (Å²) < 4.78 is 0. The van der Waals surface area contributed by atoms with Crippen LogP contribution in [-0.4, -0.2) is 11.2 Å². The molecule has 0 heterocycles. The first-order chi connectivity index (χ1) is 4.54. The van der Waals surface area contributed by atoms with E-state index < -0.39 is 0 Å². The van der Waals surface area contributed by atoms with Gasteiger partial charge in [0.2, 0.25) is 0 Å². The molecule has 0 rings (SSSR count). The predicted molar refractivity (Wildman–Crippen MR) is 44.4 cm³/mol. The van der Waals surface area contributed by atoms with E-state index in [2.05, 4.69) is 13.8 Å². The number of carbonyl (C=O) groups excluding carboxylic acids is 1. The van der Waals surface area contributed by atoms with Crippen molar-refractivity contribution < 1.29 is 4.79 Å². The van der Waals surface area contributed by atoms with Crippen molar-refractivity contribution in [1.82, 2.24) is 0 Å². The van der Waals surface area contributed by atoms with Crippen molar-refractivity contribution >= 4 is 17.4 Å². The van der Waals surface area contributed by atoms with E-state index in [4.69, 9.17) is 11.6 Å². The Kier molecular flexibility index (Phi) is 4.71. The van der Waals surface area contributed by atoms with Crippen molar-refractivity contribution in [2.45, 2.75) is 39.0 Å². The minimum atomic E-state index is -0.307. The van der Waals surface area contributed by atoms with Crippen LogP contribution in [0, 0.1) is 5.92 Å². The highest BCUT2D eigenvalue weighted by Gasteiger charge is 2.08. The first-order valence-electron chi connectivity index (χ1n) is 3.70. The summed E-state index contributed by atoms with van der Waals surface area (Å²) in [5.74, 6) is 0.759. The quantitative estimate of drug-likeness (QED) is 0.581. The Morgan fingerprint density at radius 2 is 1.90 bits per heavy atom. The Balaban J connectivity index is 3.40. The molecule has 0 amide bonds. The highest BCUT2D eigenvalue weighted by molar-refractivity contribution is 6.30. The summed E-state index contributed by atoms with van der Waals surface area (Å²) in [6.45, 7) is 5.93. The Labute approximate surface area is 67.8 Å². The van der Waals surface area contributed by atoms with Crippen LogP contribution in [0.25, 0.3) is 0 Å². The van der Waals surface area contributed by atoms with Crippen LogP contribution in [0.5, 0.6) is 0 Å². The van der Waals surface area contributed by atoms with Gasteiger partial charge in [-0.25, -0.2) is 0 Å². The molecule has 60 valence electrons. The number of halogens is 1. The standard InChI is InChI=1S/C8H15ClO/c1-6(2)4-5-8(10)7(3)9/h6-7H,4-5H2,1-3H3. The number of ketones is 1. The van der Waals surface area contributed by atoms with Gasteiger partial charge in [0.1, 0.15) is 5.78 Å². The number of Topliss-reactive ketones (excluding diaryl/α,β-unsaturated/α-hetero) is 1. The normalized spacial score (nSPS) is 13.7. The Hall–Kier alpha value is -0.0400. The van der Waals surface area contributed by atoms with Gasteiger partial charge >= 0.3 is 0 Å². The second-order valence-corrected chi connectivity index (χ2v) is 3.67. The number of alkyl halides is 1. The smallest absolute Gasteiger partial charge is 0.150 e. The molecule has 0 aromatic heterocycles. The molecule has 0 saturated carbocycles. The van der Waals surface area contributed by atoms with E-state index >= 15 is 0 Å². The van der Waals surface area contributed by atoms with Gasteiger partial charge in [0, 0.05) is 6.42 Å². The number of hydrogen-bond donors (Lipinski definition) is 0. The van der Waals surface area contributed by atoms with E-state index in [-0.39, 0.29) is 11.2 Å². The van der Waals surface area contributed by atoms with E-state index in [0.717, 1.165) is 6.42 Å². The summed E-state index contributed by atoms with van der Waals surface area (Å²) in [5.41, 5.74) is 0. The van der Waals surface area contributed by atoms with Crippen LogP contribution < -0.4 is 0 Å². The second-order valence-electron chi connectivity index (χ2n) is 3.01. The maximum atomic E-state index is 10.9. The molecule has 0 aromatic rings. The van der Waals surface area contributed by atoms with Gasteiger partial charge in [-0.3, -0.25) is 4.79 Å².